The number of hydrogen-bond acceptors (Lipinski definition) is 3. The Hall–Kier alpha value is -0.960. The molecule has 0 saturated heterocycles. The van der Waals surface area contributed by atoms with Gasteiger partial charge in [-0.2, -0.15) is 0 Å². The Morgan fingerprint density at radius 2 is 2.27 bits per heavy atom. The zero-order chi connectivity index (χ0) is 11.3. The number of hydrogen-bond donors (Lipinski definition) is 1. The number of carbonyl (C=O) groups is 1. The zero-order valence-corrected chi connectivity index (χ0v) is 9.96. The fourth-order valence-electron chi connectivity index (χ4n) is 1.56. The molecule has 1 unspecified atom stereocenters. The lowest BCUT2D eigenvalue weighted by atomic mass is 9.93. The highest BCUT2D eigenvalue weighted by Gasteiger charge is 2.14. The van der Waals surface area contributed by atoms with Gasteiger partial charge in [-0.3, -0.25) is 4.79 Å². The maximum Gasteiger partial charge on any atom is 0.306 e. The van der Waals surface area contributed by atoms with Crippen molar-refractivity contribution in [1.82, 2.24) is 0 Å². The van der Waals surface area contributed by atoms with Gasteiger partial charge in [0.2, 0.25) is 0 Å². The molecule has 0 radical (unpaired) electrons. The van der Waals surface area contributed by atoms with E-state index in [-0.39, 0.29) is 11.9 Å². The van der Waals surface area contributed by atoms with E-state index in [9.17, 15) is 4.79 Å². The van der Waals surface area contributed by atoms with Gasteiger partial charge in [-0.15, -0.1) is 12.6 Å². The zero-order valence-electron chi connectivity index (χ0n) is 9.06. The average Bonchev–Trinajstić information content (AvgIpc) is 2.25. The van der Waals surface area contributed by atoms with E-state index in [2.05, 4.69) is 24.3 Å². The summed E-state index contributed by atoms with van der Waals surface area (Å²) in [5.74, 6) is 0.0657. The predicted octanol–water partition coefficient (Wildman–Crippen LogP) is 3.03. The van der Waals surface area contributed by atoms with Gasteiger partial charge in [0, 0.05) is 4.90 Å². The van der Waals surface area contributed by atoms with Crippen LogP contribution in [0.5, 0.6) is 0 Å². The summed E-state index contributed by atoms with van der Waals surface area (Å²) in [6, 6.07) is 7.91. The molecule has 3 heteroatoms. The maximum atomic E-state index is 11.2. The van der Waals surface area contributed by atoms with Crippen LogP contribution in [-0.2, 0) is 9.53 Å². The van der Waals surface area contributed by atoms with E-state index in [4.69, 9.17) is 0 Å². The van der Waals surface area contributed by atoms with Gasteiger partial charge < -0.3 is 4.74 Å². The molecule has 0 bridgehead atoms. The van der Waals surface area contributed by atoms with Crippen molar-refractivity contribution in [2.45, 2.75) is 30.6 Å². The molecule has 0 heterocycles. The fraction of sp³-hybridized carbons (Fsp3) is 0.417. The quantitative estimate of drug-likeness (QED) is 0.628. The van der Waals surface area contributed by atoms with E-state index in [1.54, 1.807) is 0 Å². The van der Waals surface area contributed by atoms with Crippen LogP contribution in [0.4, 0.5) is 0 Å². The molecule has 15 heavy (non-hydrogen) atoms. The largest absolute Gasteiger partial charge is 0.469 e. The van der Waals surface area contributed by atoms with Gasteiger partial charge in [-0.05, 0) is 30.0 Å². The van der Waals surface area contributed by atoms with Gasteiger partial charge in [0.05, 0.1) is 13.5 Å². The van der Waals surface area contributed by atoms with E-state index in [1.165, 1.54) is 7.11 Å². The highest BCUT2D eigenvalue weighted by atomic mass is 32.1. The lowest BCUT2D eigenvalue weighted by Crippen LogP contribution is -2.08. The average molecular weight is 224 g/mol. The van der Waals surface area contributed by atoms with Crippen molar-refractivity contribution in [2.75, 3.05) is 7.11 Å². The number of benzene rings is 1. The van der Waals surface area contributed by atoms with Crippen LogP contribution in [0.1, 0.15) is 31.2 Å². The van der Waals surface area contributed by atoms with Crippen molar-refractivity contribution in [3.05, 3.63) is 29.8 Å². The Morgan fingerprint density at radius 3 is 2.80 bits per heavy atom. The molecule has 0 aliphatic heterocycles. The minimum atomic E-state index is -0.161. The fourth-order valence-corrected chi connectivity index (χ4v) is 1.80. The number of esters is 1. The first kappa shape index (κ1) is 12.1. The number of carbonyl (C=O) groups excluding carboxylic acids is 1. The van der Waals surface area contributed by atoms with Gasteiger partial charge in [0.15, 0.2) is 0 Å². The normalized spacial score (nSPS) is 12.2. The van der Waals surface area contributed by atoms with Gasteiger partial charge in [0.25, 0.3) is 0 Å². The second-order valence-electron chi connectivity index (χ2n) is 3.48. The van der Waals surface area contributed by atoms with Gasteiger partial charge in [-0.25, -0.2) is 0 Å². The second-order valence-corrected chi connectivity index (χ2v) is 4.00. The first-order chi connectivity index (χ1) is 7.17. The van der Waals surface area contributed by atoms with Gasteiger partial charge >= 0.3 is 5.97 Å². The number of ether oxygens (including phenoxy) is 1. The summed E-state index contributed by atoms with van der Waals surface area (Å²) < 4.78 is 4.68. The van der Waals surface area contributed by atoms with Crippen LogP contribution >= 0.6 is 12.6 Å². The Bertz CT molecular complexity index is 336. The van der Waals surface area contributed by atoms with Crippen LogP contribution in [0.15, 0.2) is 29.2 Å². The van der Waals surface area contributed by atoms with E-state index < -0.39 is 0 Å². The molecule has 82 valence electrons. The standard InChI is InChI=1S/C12H16O2S/c1-3-9(8-12(13)14-2)10-5-4-6-11(15)7-10/h4-7,9,15H,3,8H2,1-2H3. The van der Waals surface area contributed by atoms with E-state index in [1.807, 2.05) is 24.3 Å². The van der Waals surface area contributed by atoms with Crippen molar-refractivity contribution in [3.8, 4) is 0 Å². The molecule has 0 aliphatic carbocycles. The first-order valence-corrected chi connectivity index (χ1v) is 5.47. The van der Waals surface area contributed by atoms with Gasteiger partial charge in [0.1, 0.15) is 0 Å². The molecule has 0 fully saturated rings. The summed E-state index contributed by atoms with van der Waals surface area (Å²) in [5.41, 5.74) is 1.15. The monoisotopic (exact) mass is 224 g/mol. The Morgan fingerprint density at radius 1 is 1.53 bits per heavy atom. The lowest BCUT2D eigenvalue weighted by Gasteiger charge is -2.14. The summed E-state index contributed by atoms with van der Waals surface area (Å²) in [6.07, 6.45) is 1.36. The van der Waals surface area contributed by atoms with Crippen LogP contribution in [0.3, 0.4) is 0 Å². The van der Waals surface area contributed by atoms with Crippen molar-refractivity contribution in [3.63, 3.8) is 0 Å². The third-order valence-corrected chi connectivity index (χ3v) is 2.75. The molecule has 0 saturated carbocycles. The molecule has 0 N–H and O–H groups in total. The molecule has 0 amide bonds. The third kappa shape index (κ3) is 3.59. The molecule has 2 nitrogen and oxygen atoms in total. The maximum absolute atomic E-state index is 11.2. The van der Waals surface area contributed by atoms with Crippen molar-refractivity contribution >= 4 is 18.6 Å². The lowest BCUT2D eigenvalue weighted by molar-refractivity contribution is -0.141. The topological polar surface area (TPSA) is 26.3 Å². The Kier molecular flexibility index (Phi) is 4.69. The molecule has 1 atom stereocenters. The molecular formula is C12H16O2S. The van der Waals surface area contributed by atoms with Crippen LogP contribution in [0, 0.1) is 0 Å². The van der Waals surface area contributed by atoms with Crippen molar-refractivity contribution < 1.29 is 9.53 Å². The highest BCUT2D eigenvalue weighted by molar-refractivity contribution is 7.80. The molecule has 0 aromatic heterocycles. The van der Waals surface area contributed by atoms with Crippen LogP contribution < -0.4 is 0 Å². The minimum absolute atomic E-state index is 0.161. The second kappa shape index (κ2) is 5.81. The van der Waals surface area contributed by atoms with Crippen molar-refractivity contribution in [1.29, 1.82) is 0 Å². The van der Waals surface area contributed by atoms with E-state index in [0.717, 1.165) is 16.9 Å². The highest BCUT2D eigenvalue weighted by Crippen LogP contribution is 2.25. The Labute approximate surface area is 96.1 Å². The van der Waals surface area contributed by atoms with Crippen LogP contribution in [-0.4, -0.2) is 13.1 Å². The third-order valence-electron chi connectivity index (χ3n) is 2.48. The molecule has 0 aliphatic rings. The van der Waals surface area contributed by atoms with Crippen LogP contribution in [0.25, 0.3) is 0 Å². The molecule has 1 aromatic rings. The molecule has 1 rings (SSSR count). The number of rotatable bonds is 4. The van der Waals surface area contributed by atoms with E-state index in [0.29, 0.717) is 6.42 Å². The number of thiol groups is 1. The van der Waals surface area contributed by atoms with Crippen molar-refractivity contribution in [2.24, 2.45) is 0 Å². The molecule has 0 spiro atoms. The Balaban J connectivity index is 2.78. The SMILES string of the molecule is CCC(CC(=O)OC)c1cccc(S)c1. The summed E-state index contributed by atoms with van der Waals surface area (Å²) in [7, 11) is 1.42. The minimum Gasteiger partial charge on any atom is -0.469 e. The van der Waals surface area contributed by atoms with Gasteiger partial charge in [-0.1, -0.05) is 19.1 Å². The summed E-state index contributed by atoms with van der Waals surface area (Å²) in [6.45, 7) is 2.07. The molecular weight excluding hydrogens is 208 g/mol. The number of methoxy groups -OCH3 is 1. The van der Waals surface area contributed by atoms with E-state index >= 15 is 0 Å². The first-order valence-electron chi connectivity index (χ1n) is 5.03. The van der Waals surface area contributed by atoms with Crippen LogP contribution in [0.2, 0.25) is 0 Å². The molecule has 1 aromatic carbocycles. The summed E-state index contributed by atoms with van der Waals surface area (Å²) >= 11 is 4.28. The summed E-state index contributed by atoms with van der Waals surface area (Å²) in [5, 5.41) is 0. The summed E-state index contributed by atoms with van der Waals surface area (Å²) in [4.78, 5) is 12.1. The predicted molar refractivity (Wildman–Crippen MR) is 63.4 cm³/mol. The smallest absolute Gasteiger partial charge is 0.306 e.